The average Bonchev–Trinajstić information content (AvgIpc) is 2.29. The minimum Gasteiger partial charge on any atom is -0.430 e. The Morgan fingerprint density at radius 2 is 1.94 bits per heavy atom. The topological polar surface area (TPSA) is 116 Å². The van der Waals surface area contributed by atoms with E-state index in [0.29, 0.717) is 0 Å². The third-order valence-corrected chi connectivity index (χ3v) is 2.25. The van der Waals surface area contributed by atoms with Crippen molar-refractivity contribution in [1.82, 2.24) is 0 Å². The van der Waals surface area contributed by atoms with Gasteiger partial charge in [-0.3, -0.25) is 0 Å². The number of carbonyl (C=O) groups is 1. The van der Waals surface area contributed by atoms with Crippen LogP contribution in [-0.4, -0.2) is 63.7 Å². The fraction of sp³-hybridized carbons (Fsp3) is 0.667. The Kier molecular flexibility index (Phi) is 4.39. The number of aliphatic hydroxyl groups excluding tert-OH is 4. The minimum absolute atomic E-state index is 0.576. The van der Waals surface area contributed by atoms with Crippen molar-refractivity contribution in [3.63, 3.8) is 0 Å². The summed E-state index contributed by atoms with van der Waals surface area (Å²) in [5.74, 6) is -0.843. The average molecular weight is 234 g/mol. The Morgan fingerprint density at radius 1 is 1.31 bits per heavy atom. The second-order valence-electron chi connectivity index (χ2n) is 3.34. The number of rotatable bonds is 3. The largest absolute Gasteiger partial charge is 0.430 e. The number of carbonyl (C=O) groups excluding carboxylic acids is 1. The van der Waals surface area contributed by atoms with Gasteiger partial charge in [-0.1, -0.05) is 6.58 Å². The Bertz CT molecular complexity index is 265. The van der Waals surface area contributed by atoms with E-state index in [9.17, 15) is 20.1 Å². The third-order valence-electron chi connectivity index (χ3n) is 2.25. The standard InChI is InChI=1S/C9H14O7/c1-2-5(11)16-9-8(14)7(13)6(12)4(3-10)15-9/h2,4,6-10,12-14H,1,3H2/t4-,6+,7+,8-,9?/m1/s1. The van der Waals surface area contributed by atoms with Gasteiger partial charge in [0.15, 0.2) is 0 Å². The van der Waals surface area contributed by atoms with Crippen molar-refractivity contribution in [3.05, 3.63) is 12.7 Å². The normalized spacial score (nSPS) is 39.1. The van der Waals surface area contributed by atoms with Crippen LogP contribution in [0, 0.1) is 0 Å². The van der Waals surface area contributed by atoms with Crippen LogP contribution in [0.15, 0.2) is 12.7 Å². The quantitative estimate of drug-likeness (QED) is 0.315. The molecular formula is C9H14O7. The number of aliphatic hydroxyl groups is 4. The predicted octanol–water partition coefficient (Wildman–Crippen LogP) is -2.48. The Labute approximate surface area is 91.5 Å². The van der Waals surface area contributed by atoms with Gasteiger partial charge < -0.3 is 29.9 Å². The highest BCUT2D eigenvalue weighted by Crippen LogP contribution is 2.21. The van der Waals surface area contributed by atoms with E-state index in [1.807, 2.05) is 0 Å². The summed E-state index contributed by atoms with van der Waals surface area (Å²) in [5.41, 5.74) is 0. The molecule has 5 atom stereocenters. The molecule has 4 N–H and O–H groups in total. The van der Waals surface area contributed by atoms with Crippen LogP contribution in [-0.2, 0) is 14.3 Å². The van der Waals surface area contributed by atoms with Crippen molar-refractivity contribution >= 4 is 5.97 Å². The summed E-state index contributed by atoms with van der Waals surface area (Å²) in [6, 6.07) is 0. The zero-order chi connectivity index (χ0) is 12.3. The van der Waals surface area contributed by atoms with Gasteiger partial charge in [0.1, 0.15) is 24.4 Å². The third kappa shape index (κ3) is 2.57. The maximum atomic E-state index is 10.9. The highest BCUT2D eigenvalue weighted by atomic mass is 16.7. The summed E-state index contributed by atoms with van der Waals surface area (Å²) >= 11 is 0. The Balaban J connectivity index is 2.70. The lowest BCUT2D eigenvalue weighted by molar-refractivity contribution is -0.291. The first kappa shape index (κ1) is 13.1. The van der Waals surface area contributed by atoms with Gasteiger partial charge >= 0.3 is 5.97 Å². The number of hydrogen-bond acceptors (Lipinski definition) is 7. The van der Waals surface area contributed by atoms with Crippen LogP contribution in [0.25, 0.3) is 0 Å². The molecule has 1 saturated heterocycles. The maximum absolute atomic E-state index is 10.9. The second kappa shape index (κ2) is 5.37. The summed E-state index contributed by atoms with van der Waals surface area (Å²) in [6.45, 7) is 2.58. The zero-order valence-corrected chi connectivity index (χ0v) is 8.39. The SMILES string of the molecule is C=CC(=O)OC1O[C@H](CO)[C@H](O)[C@H](O)[C@H]1O. The van der Waals surface area contributed by atoms with Crippen LogP contribution in [0.1, 0.15) is 0 Å². The molecule has 1 rings (SSSR count). The van der Waals surface area contributed by atoms with Crippen molar-refractivity contribution in [2.75, 3.05) is 6.61 Å². The summed E-state index contributed by atoms with van der Waals surface area (Å²) in [7, 11) is 0. The van der Waals surface area contributed by atoms with E-state index in [4.69, 9.17) is 9.84 Å². The van der Waals surface area contributed by atoms with Gasteiger partial charge in [-0.15, -0.1) is 0 Å². The van der Waals surface area contributed by atoms with E-state index in [0.717, 1.165) is 6.08 Å². The highest BCUT2D eigenvalue weighted by molar-refractivity contribution is 5.81. The van der Waals surface area contributed by atoms with Gasteiger partial charge in [-0.05, 0) is 0 Å². The Morgan fingerprint density at radius 3 is 2.44 bits per heavy atom. The molecule has 0 spiro atoms. The van der Waals surface area contributed by atoms with Crippen molar-refractivity contribution in [1.29, 1.82) is 0 Å². The van der Waals surface area contributed by atoms with Gasteiger partial charge in [0.05, 0.1) is 6.61 Å². The molecule has 7 nitrogen and oxygen atoms in total. The van der Waals surface area contributed by atoms with Crippen LogP contribution in [0.2, 0.25) is 0 Å². The Hall–Kier alpha value is -0.990. The van der Waals surface area contributed by atoms with Gasteiger partial charge in [-0.25, -0.2) is 4.79 Å². The smallest absolute Gasteiger partial charge is 0.332 e. The van der Waals surface area contributed by atoms with Crippen LogP contribution < -0.4 is 0 Å². The summed E-state index contributed by atoms with van der Waals surface area (Å²) in [6.07, 6.45) is -6.29. The van der Waals surface area contributed by atoms with Gasteiger partial charge in [-0.2, -0.15) is 0 Å². The van der Waals surface area contributed by atoms with E-state index in [2.05, 4.69) is 11.3 Å². The molecule has 7 heteroatoms. The summed E-state index contributed by atoms with van der Waals surface area (Å²) < 4.78 is 9.49. The number of hydrogen-bond donors (Lipinski definition) is 4. The lowest BCUT2D eigenvalue weighted by Crippen LogP contribution is -2.59. The molecule has 0 amide bonds. The van der Waals surface area contributed by atoms with Gasteiger partial charge in [0.2, 0.25) is 6.29 Å². The molecule has 1 aliphatic heterocycles. The molecule has 1 aliphatic rings. The van der Waals surface area contributed by atoms with Crippen LogP contribution in [0.3, 0.4) is 0 Å². The van der Waals surface area contributed by atoms with E-state index in [1.165, 1.54) is 0 Å². The molecule has 0 aromatic rings. The van der Waals surface area contributed by atoms with E-state index in [-0.39, 0.29) is 0 Å². The van der Waals surface area contributed by atoms with E-state index >= 15 is 0 Å². The van der Waals surface area contributed by atoms with E-state index in [1.54, 1.807) is 0 Å². The van der Waals surface area contributed by atoms with Crippen LogP contribution in [0.5, 0.6) is 0 Å². The molecule has 0 aromatic carbocycles. The molecule has 1 heterocycles. The monoisotopic (exact) mass is 234 g/mol. The van der Waals surface area contributed by atoms with Crippen LogP contribution in [0.4, 0.5) is 0 Å². The van der Waals surface area contributed by atoms with E-state index < -0.39 is 43.3 Å². The van der Waals surface area contributed by atoms with Gasteiger partial charge in [0, 0.05) is 6.08 Å². The molecular weight excluding hydrogens is 220 g/mol. The predicted molar refractivity (Wildman–Crippen MR) is 50.1 cm³/mol. The first-order valence-corrected chi connectivity index (χ1v) is 4.64. The zero-order valence-electron chi connectivity index (χ0n) is 8.39. The fourth-order valence-corrected chi connectivity index (χ4v) is 1.33. The molecule has 0 aliphatic carbocycles. The minimum atomic E-state index is -1.58. The van der Waals surface area contributed by atoms with Crippen molar-refractivity contribution in [3.8, 4) is 0 Å². The van der Waals surface area contributed by atoms with Crippen molar-refractivity contribution in [2.24, 2.45) is 0 Å². The molecule has 1 fully saturated rings. The fourth-order valence-electron chi connectivity index (χ4n) is 1.33. The molecule has 0 bridgehead atoms. The first-order valence-electron chi connectivity index (χ1n) is 4.64. The molecule has 0 saturated carbocycles. The first-order chi connectivity index (χ1) is 7.51. The molecule has 1 unspecified atom stereocenters. The summed E-state index contributed by atoms with van der Waals surface area (Å²) in [4.78, 5) is 10.9. The summed E-state index contributed by atoms with van der Waals surface area (Å²) in [5, 5.41) is 37.0. The lowest BCUT2D eigenvalue weighted by atomic mass is 9.99. The lowest BCUT2D eigenvalue weighted by Gasteiger charge is -2.38. The molecule has 92 valence electrons. The second-order valence-corrected chi connectivity index (χ2v) is 3.34. The molecule has 16 heavy (non-hydrogen) atoms. The van der Waals surface area contributed by atoms with Crippen molar-refractivity contribution in [2.45, 2.75) is 30.7 Å². The molecule has 0 aromatic heterocycles. The van der Waals surface area contributed by atoms with Crippen LogP contribution >= 0.6 is 0 Å². The van der Waals surface area contributed by atoms with Gasteiger partial charge in [0.25, 0.3) is 0 Å². The maximum Gasteiger partial charge on any atom is 0.332 e. The number of esters is 1. The highest BCUT2D eigenvalue weighted by Gasteiger charge is 2.45. The number of ether oxygens (including phenoxy) is 2. The molecule has 0 radical (unpaired) electrons. The van der Waals surface area contributed by atoms with Crippen molar-refractivity contribution < 1.29 is 34.7 Å².